The molecule has 132 valence electrons. The average molecular weight is 377 g/mol. The molecule has 0 unspecified atom stereocenters. The summed E-state index contributed by atoms with van der Waals surface area (Å²) in [7, 11) is 0. The largest absolute Gasteiger partial charge is 0.403 e. The Labute approximate surface area is 159 Å². The van der Waals surface area contributed by atoms with Gasteiger partial charge in [-0.15, -0.1) is 0 Å². The molecule has 4 aromatic rings. The highest BCUT2D eigenvalue weighted by molar-refractivity contribution is 6.34. The number of rotatable bonds is 3. The average Bonchev–Trinajstić information content (AvgIpc) is 2.69. The first-order valence-electron chi connectivity index (χ1n) is 8.18. The van der Waals surface area contributed by atoms with Crippen molar-refractivity contribution in [3.8, 4) is 11.5 Å². The summed E-state index contributed by atoms with van der Waals surface area (Å²) in [4.78, 5) is 28.8. The van der Waals surface area contributed by atoms with E-state index in [1.807, 2.05) is 6.07 Å². The van der Waals surface area contributed by atoms with Crippen molar-refractivity contribution in [2.24, 2.45) is 0 Å². The monoisotopic (exact) mass is 376 g/mol. The summed E-state index contributed by atoms with van der Waals surface area (Å²) in [6.45, 7) is 0. The van der Waals surface area contributed by atoms with Crippen LogP contribution in [0.25, 0.3) is 22.4 Å². The Morgan fingerprint density at radius 1 is 0.926 bits per heavy atom. The van der Waals surface area contributed by atoms with Gasteiger partial charge in [0, 0.05) is 11.3 Å². The minimum Gasteiger partial charge on any atom is -0.403 e. The van der Waals surface area contributed by atoms with Gasteiger partial charge in [0.05, 0.1) is 21.5 Å². The van der Waals surface area contributed by atoms with Crippen molar-refractivity contribution in [1.29, 1.82) is 0 Å². The molecule has 1 N–H and O–H groups in total. The lowest BCUT2D eigenvalue weighted by molar-refractivity contribution is 0.102. The van der Waals surface area contributed by atoms with Crippen molar-refractivity contribution in [3.05, 3.63) is 93.8 Å². The van der Waals surface area contributed by atoms with Gasteiger partial charge in [-0.05, 0) is 48.5 Å². The molecule has 0 saturated carbocycles. The molecule has 0 aliphatic heterocycles. The normalized spacial score (nSPS) is 10.7. The topological polar surface area (TPSA) is 72.2 Å². The third-order valence-corrected chi connectivity index (χ3v) is 4.37. The number of nitrogens with zero attached hydrogens (tertiary/aromatic N) is 1. The fraction of sp³-hybridized carbons (Fsp3) is 0. The van der Waals surface area contributed by atoms with E-state index < -0.39 is 5.63 Å². The van der Waals surface area contributed by atoms with E-state index >= 15 is 0 Å². The Hall–Kier alpha value is -3.44. The number of aromatic nitrogens is 1. The fourth-order valence-corrected chi connectivity index (χ4v) is 2.90. The first-order chi connectivity index (χ1) is 13.1. The number of halogens is 1. The zero-order valence-corrected chi connectivity index (χ0v) is 14.7. The van der Waals surface area contributed by atoms with Crippen LogP contribution in [0.5, 0.6) is 0 Å². The lowest BCUT2D eigenvalue weighted by Gasteiger charge is -2.07. The maximum atomic E-state index is 12.3. The third-order valence-electron chi connectivity index (χ3n) is 4.04. The zero-order valence-electron chi connectivity index (χ0n) is 14.0. The molecule has 3 aromatic carbocycles. The van der Waals surface area contributed by atoms with Crippen molar-refractivity contribution >= 4 is 34.1 Å². The van der Waals surface area contributed by atoms with E-state index in [1.165, 1.54) is 0 Å². The molecule has 0 radical (unpaired) electrons. The predicted octanol–water partition coefficient (Wildman–Crippen LogP) is 4.76. The molecule has 1 amide bonds. The summed E-state index contributed by atoms with van der Waals surface area (Å²) in [5.41, 5.74) is 1.75. The van der Waals surface area contributed by atoms with Crippen LogP contribution in [-0.2, 0) is 0 Å². The number of carbonyl (C=O) groups is 1. The van der Waals surface area contributed by atoms with Gasteiger partial charge in [-0.3, -0.25) is 4.79 Å². The number of fused-ring (bicyclic) bond motifs is 1. The molecule has 0 aliphatic rings. The number of hydrogen-bond acceptors (Lipinski definition) is 4. The molecule has 0 bridgehead atoms. The first-order valence-corrected chi connectivity index (χ1v) is 8.56. The summed E-state index contributed by atoms with van der Waals surface area (Å²) in [6.07, 6.45) is 0. The maximum absolute atomic E-state index is 12.3. The summed E-state index contributed by atoms with van der Waals surface area (Å²) >= 11 is 6.04. The standard InChI is InChI=1S/C21H13ClN2O3/c22-17-7-3-1-5-15(17)19(25)23-14-11-9-13(10-12-14)20-24-18-8-4-2-6-16(18)21(26)27-20/h1-12H,(H,23,25). The van der Waals surface area contributed by atoms with Crippen LogP contribution < -0.4 is 10.9 Å². The highest BCUT2D eigenvalue weighted by atomic mass is 35.5. The molecule has 1 heterocycles. The Kier molecular flexibility index (Phi) is 4.44. The van der Waals surface area contributed by atoms with E-state index in [9.17, 15) is 9.59 Å². The maximum Gasteiger partial charge on any atom is 0.347 e. The highest BCUT2D eigenvalue weighted by Gasteiger charge is 2.11. The molecule has 0 spiro atoms. The van der Waals surface area contributed by atoms with Crippen molar-refractivity contribution in [2.45, 2.75) is 0 Å². The van der Waals surface area contributed by atoms with Gasteiger partial charge in [0.2, 0.25) is 5.89 Å². The van der Waals surface area contributed by atoms with Gasteiger partial charge >= 0.3 is 5.63 Å². The summed E-state index contributed by atoms with van der Waals surface area (Å²) in [6, 6.07) is 20.7. The number of nitrogens with one attached hydrogen (secondary N) is 1. The van der Waals surface area contributed by atoms with Crippen LogP contribution in [-0.4, -0.2) is 10.9 Å². The second-order valence-corrected chi connectivity index (χ2v) is 6.24. The SMILES string of the molecule is O=C(Nc1ccc(-c2nc3ccccc3c(=O)o2)cc1)c1ccccc1Cl. The van der Waals surface area contributed by atoms with Crippen LogP contribution in [0.2, 0.25) is 5.02 Å². The van der Waals surface area contributed by atoms with Crippen LogP contribution in [0.3, 0.4) is 0 Å². The van der Waals surface area contributed by atoms with Crippen molar-refractivity contribution in [1.82, 2.24) is 4.98 Å². The van der Waals surface area contributed by atoms with E-state index in [1.54, 1.807) is 66.7 Å². The van der Waals surface area contributed by atoms with E-state index in [2.05, 4.69) is 10.3 Å². The number of benzene rings is 3. The lowest BCUT2D eigenvalue weighted by atomic mass is 10.1. The van der Waals surface area contributed by atoms with Gasteiger partial charge in [-0.1, -0.05) is 35.9 Å². The predicted molar refractivity (Wildman–Crippen MR) is 105 cm³/mol. The molecule has 5 nitrogen and oxygen atoms in total. The highest BCUT2D eigenvalue weighted by Crippen LogP contribution is 2.22. The van der Waals surface area contributed by atoms with Crippen LogP contribution in [0.15, 0.2) is 82.0 Å². The molecule has 27 heavy (non-hydrogen) atoms. The zero-order chi connectivity index (χ0) is 18.8. The van der Waals surface area contributed by atoms with E-state index in [0.717, 1.165) is 0 Å². The lowest BCUT2D eigenvalue weighted by Crippen LogP contribution is -2.12. The Bertz CT molecular complexity index is 1200. The van der Waals surface area contributed by atoms with E-state index in [-0.39, 0.29) is 11.8 Å². The van der Waals surface area contributed by atoms with E-state index in [4.69, 9.17) is 16.0 Å². The van der Waals surface area contributed by atoms with Gasteiger partial charge < -0.3 is 9.73 Å². The van der Waals surface area contributed by atoms with E-state index in [0.29, 0.717) is 32.7 Å². The second-order valence-electron chi connectivity index (χ2n) is 5.83. The summed E-state index contributed by atoms with van der Waals surface area (Å²) in [5.74, 6) is -0.0774. The van der Waals surface area contributed by atoms with Gasteiger partial charge in [0.15, 0.2) is 0 Å². The molecular weight excluding hydrogens is 364 g/mol. The van der Waals surface area contributed by atoms with Crippen LogP contribution in [0.4, 0.5) is 5.69 Å². The second kappa shape index (κ2) is 7.05. The Morgan fingerprint density at radius 3 is 2.41 bits per heavy atom. The molecule has 0 fully saturated rings. The molecule has 6 heteroatoms. The van der Waals surface area contributed by atoms with Crippen molar-refractivity contribution in [2.75, 3.05) is 5.32 Å². The van der Waals surface area contributed by atoms with Gasteiger partial charge in [0.25, 0.3) is 5.91 Å². The van der Waals surface area contributed by atoms with Crippen LogP contribution >= 0.6 is 11.6 Å². The summed E-state index contributed by atoms with van der Waals surface area (Å²) < 4.78 is 5.31. The van der Waals surface area contributed by atoms with Crippen LogP contribution in [0, 0.1) is 0 Å². The van der Waals surface area contributed by atoms with Crippen molar-refractivity contribution < 1.29 is 9.21 Å². The third kappa shape index (κ3) is 3.45. The number of amides is 1. The molecule has 0 atom stereocenters. The number of anilines is 1. The van der Waals surface area contributed by atoms with Crippen molar-refractivity contribution in [3.63, 3.8) is 0 Å². The molecular formula is C21H13ClN2O3. The number of para-hydroxylation sites is 1. The Morgan fingerprint density at radius 2 is 1.63 bits per heavy atom. The molecule has 1 aromatic heterocycles. The van der Waals surface area contributed by atoms with Gasteiger partial charge in [-0.2, -0.15) is 0 Å². The fourth-order valence-electron chi connectivity index (χ4n) is 2.68. The van der Waals surface area contributed by atoms with Gasteiger partial charge in [0.1, 0.15) is 0 Å². The molecule has 0 saturated heterocycles. The molecule has 4 rings (SSSR count). The minimum absolute atomic E-state index is 0.225. The summed E-state index contributed by atoms with van der Waals surface area (Å²) in [5, 5.41) is 3.60. The van der Waals surface area contributed by atoms with Gasteiger partial charge in [-0.25, -0.2) is 9.78 Å². The smallest absolute Gasteiger partial charge is 0.347 e. The Balaban J connectivity index is 1.60. The minimum atomic E-state index is -0.438. The number of carbonyl (C=O) groups excluding carboxylic acids is 1. The quantitative estimate of drug-likeness (QED) is 0.559. The number of hydrogen-bond donors (Lipinski definition) is 1. The van der Waals surface area contributed by atoms with Crippen LogP contribution in [0.1, 0.15) is 10.4 Å². The molecule has 0 aliphatic carbocycles. The first kappa shape index (κ1) is 17.0.